The van der Waals surface area contributed by atoms with E-state index >= 15 is 0 Å². The van der Waals surface area contributed by atoms with Crippen molar-refractivity contribution in [1.29, 1.82) is 0 Å². The molecule has 0 unspecified atom stereocenters. The van der Waals surface area contributed by atoms with E-state index in [2.05, 4.69) is 25.8 Å². The van der Waals surface area contributed by atoms with Crippen LogP contribution in [0.25, 0.3) is 10.9 Å². The van der Waals surface area contributed by atoms with Crippen LogP contribution in [-0.4, -0.2) is 10.1 Å². The summed E-state index contributed by atoms with van der Waals surface area (Å²) < 4.78 is 13.7. The molecule has 0 radical (unpaired) electrons. The van der Waals surface area contributed by atoms with E-state index in [0.29, 0.717) is 17.6 Å². The Hall–Kier alpha value is -1.48. The predicted molar refractivity (Wildman–Crippen MR) is 75.3 cm³/mol. The summed E-state index contributed by atoms with van der Waals surface area (Å²) >= 11 is 0. The van der Waals surface area contributed by atoms with Crippen LogP contribution < -0.4 is 0 Å². The lowest BCUT2D eigenvalue weighted by Crippen LogP contribution is -2.09. The van der Waals surface area contributed by atoms with Gasteiger partial charge >= 0.3 is 0 Å². The fourth-order valence-corrected chi connectivity index (χ4v) is 2.03. The first-order valence-corrected chi connectivity index (χ1v) is 6.60. The van der Waals surface area contributed by atoms with Crippen LogP contribution in [-0.2, 0) is 0 Å². The van der Waals surface area contributed by atoms with Crippen molar-refractivity contribution in [1.82, 2.24) is 4.98 Å². The van der Waals surface area contributed by atoms with Crippen molar-refractivity contribution in [2.45, 2.75) is 39.7 Å². The zero-order valence-corrected chi connectivity index (χ0v) is 11.7. The zero-order valence-electron chi connectivity index (χ0n) is 11.7. The number of hydrogen-bond acceptors (Lipinski definition) is 2. The Labute approximate surface area is 113 Å². The largest absolute Gasteiger partial charge is 0.387 e. The van der Waals surface area contributed by atoms with Crippen LogP contribution in [0.2, 0.25) is 0 Å². The van der Waals surface area contributed by atoms with Gasteiger partial charge in [0, 0.05) is 5.39 Å². The van der Waals surface area contributed by atoms with Crippen LogP contribution in [0.5, 0.6) is 0 Å². The SMILES string of the molecule is CC(C)(C)CC[C@H](O)c1ccc2cccc(F)c2n1. The van der Waals surface area contributed by atoms with Gasteiger partial charge in [-0.05, 0) is 30.4 Å². The molecular weight excluding hydrogens is 241 g/mol. The Kier molecular flexibility index (Phi) is 3.85. The van der Waals surface area contributed by atoms with Crippen LogP contribution in [0.3, 0.4) is 0 Å². The second-order valence-electron chi connectivity index (χ2n) is 6.16. The number of aliphatic hydroxyl groups excluding tert-OH is 1. The second-order valence-corrected chi connectivity index (χ2v) is 6.16. The zero-order chi connectivity index (χ0) is 14.0. The summed E-state index contributed by atoms with van der Waals surface area (Å²) in [6.07, 6.45) is 0.893. The third-order valence-electron chi connectivity index (χ3n) is 3.20. The number of halogens is 1. The number of hydrogen-bond donors (Lipinski definition) is 1. The topological polar surface area (TPSA) is 33.1 Å². The molecule has 0 bridgehead atoms. The number of aliphatic hydroxyl groups is 1. The molecule has 1 aromatic carbocycles. The molecule has 1 atom stereocenters. The van der Waals surface area contributed by atoms with E-state index < -0.39 is 6.10 Å². The summed E-state index contributed by atoms with van der Waals surface area (Å²) in [7, 11) is 0. The van der Waals surface area contributed by atoms with Crippen molar-refractivity contribution >= 4 is 10.9 Å². The van der Waals surface area contributed by atoms with E-state index in [1.165, 1.54) is 6.07 Å². The summed E-state index contributed by atoms with van der Waals surface area (Å²) in [6, 6.07) is 8.45. The lowest BCUT2D eigenvalue weighted by molar-refractivity contribution is 0.143. The maximum Gasteiger partial charge on any atom is 0.149 e. The molecular formula is C16H20FNO. The Bertz CT molecular complexity index is 574. The molecule has 2 nitrogen and oxygen atoms in total. The maximum absolute atomic E-state index is 13.7. The molecule has 2 aromatic rings. The van der Waals surface area contributed by atoms with E-state index in [1.807, 2.05) is 6.07 Å². The van der Waals surface area contributed by atoms with Crippen LogP contribution in [0, 0.1) is 11.2 Å². The second kappa shape index (κ2) is 5.25. The molecule has 19 heavy (non-hydrogen) atoms. The number of fused-ring (bicyclic) bond motifs is 1. The number of rotatable bonds is 3. The molecule has 1 heterocycles. The van der Waals surface area contributed by atoms with Gasteiger partial charge in [-0.1, -0.05) is 39.0 Å². The fraction of sp³-hybridized carbons (Fsp3) is 0.438. The van der Waals surface area contributed by atoms with Crippen molar-refractivity contribution < 1.29 is 9.50 Å². The van der Waals surface area contributed by atoms with Gasteiger partial charge in [0.25, 0.3) is 0 Å². The number of aromatic nitrogens is 1. The van der Waals surface area contributed by atoms with Gasteiger partial charge in [0.2, 0.25) is 0 Å². The van der Waals surface area contributed by atoms with Crippen LogP contribution >= 0.6 is 0 Å². The first kappa shape index (κ1) is 13.9. The molecule has 0 aliphatic rings. The van der Waals surface area contributed by atoms with E-state index in [4.69, 9.17) is 0 Å². The molecule has 2 rings (SSSR count). The third-order valence-corrected chi connectivity index (χ3v) is 3.20. The highest BCUT2D eigenvalue weighted by Gasteiger charge is 2.16. The molecule has 0 aliphatic heterocycles. The fourth-order valence-electron chi connectivity index (χ4n) is 2.03. The molecule has 0 aliphatic carbocycles. The summed E-state index contributed by atoms with van der Waals surface area (Å²) in [4.78, 5) is 4.25. The summed E-state index contributed by atoms with van der Waals surface area (Å²) in [5.74, 6) is -0.345. The highest BCUT2D eigenvalue weighted by Crippen LogP contribution is 2.27. The highest BCUT2D eigenvalue weighted by atomic mass is 19.1. The van der Waals surface area contributed by atoms with Crippen LogP contribution in [0.15, 0.2) is 30.3 Å². The smallest absolute Gasteiger partial charge is 0.149 e. The monoisotopic (exact) mass is 261 g/mol. The van der Waals surface area contributed by atoms with Crippen molar-refractivity contribution in [3.8, 4) is 0 Å². The Morgan fingerprint density at radius 1 is 1.21 bits per heavy atom. The minimum atomic E-state index is -0.636. The summed E-state index contributed by atoms with van der Waals surface area (Å²) in [5.41, 5.74) is 1.04. The first-order chi connectivity index (χ1) is 8.87. The molecule has 0 amide bonds. The minimum absolute atomic E-state index is 0.170. The van der Waals surface area contributed by atoms with Crippen molar-refractivity contribution in [2.24, 2.45) is 5.41 Å². The molecule has 102 valence electrons. The predicted octanol–water partition coefficient (Wildman–Crippen LogP) is 4.23. The Morgan fingerprint density at radius 2 is 1.95 bits per heavy atom. The standard InChI is InChI=1S/C16H20FNO/c1-16(2,3)10-9-14(19)13-8-7-11-5-4-6-12(17)15(11)18-13/h4-8,14,19H,9-10H2,1-3H3/t14-/m0/s1. The summed E-state index contributed by atoms with van der Waals surface area (Å²) in [6.45, 7) is 6.40. The summed E-state index contributed by atoms with van der Waals surface area (Å²) in [5, 5.41) is 10.9. The van der Waals surface area contributed by atoms with Crippen LogP contribution in [0.1, 0.15) is 45.4 Å². The van der Waals surface area contributed by atoms with E-state index in [9.17, 15) is 9.50 Å². The van der Waals surface area contributed by atoms with Gasteiger partial charge < -0.3 is 5.11 Å². The quantitative estimate of drug-likeness (QED) is 0.896. The molecule has 0 fully saturated rings. The van der Waals surface area contributed by atoms with Gasteiger partial charge in [-0.3, -0.25) is 0 Å². The van der Waals surface area contributed by atoms with Gasteiger partial charge in [-0.2, -0.15) is 0 Å². The highest BCUT2D eigenvalue weighted by molar-refractivity contribution is 5.79. The van der Waals surface area contributed by atoms with Gasteiger partial charge in [0.05, 0.1) is 11.8 Å². The van der Waals surface area contributed by atoms with Gasteiger partial charge in [-0.15, -0.1) is 0 Å². The molecule has 1 aromatic heterocycles. The number of para-hydroxylation sites is 1. The number of benzene rings is 1. The van der Waals surface area contributed by atoms with Gasteiger partial charge in [0.15, 0.2) is 0 Å². The van der Waals surface area contributed by atoms with E-state index in [-0.39, 0.29) is 11.2 Å². The average Bonchev–Trinajstić information content (AvgIpc) is 2.35. The van der Waals surface area contributed by atoms with Crippen LogP contribution in [0.4, 0.5) is 4.39 Å². The molecule has 3 heteroatoms. The molecule has 0 saturated carbocycles. The number of nitrogens with zero attached hydrogens (tertiary/aromatic N) is 1. The Morgan fingerprint density at radius 3 is 2.63 bits per heavy atom. The van der Waals surface area contributed by atoms with E-state index in [0.717, 1.165) is 11.8 Å². The van der Waals surface area contributed by atoms with Gasteiger partial charge in [-0.25, -0.2) is 9.37 Å². The lowest BCUT2D eigenvalue weighted by Gasteiger charge is -2.20. The van der Waals surface area contributed by atoms with Crippen molar-refractivity contribution in [3.05, 3.63) is 41.8 Å². The van der Waals surface area contributed by atoms with Crippen molar-refractivity contribution in [3.63, 3.8) is 0 Å². The average molecular weight is 261 g/mol. The maximum atomic E-state index is 13.7. The number of pyridine rings is 1. The normalized spacial score (nSPS) is 13.7. The molecule has 0 saturated heterocycles. The van der Waals surface area contributed by atoms with Crippen molar-refractivity contribution in [2.75, 3.05) is 0 Å². The minimum Gasteiger partial charge on any atom is -0.387 e. The molecule has 1 N–H and O–H groups in total. The lowest BCUT2D eigenvalue weighted by atomic mass is 9.88. The van der Waals surface area contributed by atoms with Gasteiger partial charge in [0.1, 0.15) is 11.3 Å². The van der Waals surface area contributed by atoms with E-state index in [1.54, 1.807) is 18.2 Å². The third kappa shape index (κ3) is 3.51. The Balaban J connectivity index is 2.23. The molecule has 0 spiro atoms. The first-order valence-electron chi connectivity index (χ1n) is 6.60.